The molecule has 0 saturated heterocycles. The van der Waals surface area contributed by atoms with Crippen LogP contribution in [0.2, 0.25) is 0 Å². The molecule has 0 saturated carbocycles. The fourth-order valence-corrected chi connectivity index (χ4v) is 2.27. The molecular weight excluding hydrogens is 300 g/mol. The highest BCUT2D eigenvalue weighted by atomic mass is 16.2. The molecule has 3 aromatic rings. The molecule has 2 aromatic carbocycles. The van der Waals surface area contributed by atoms with Crippen LogP contribution in [0.3, 0.4) is 0 Å². The minimum Gasteiger partial charge on any atom is -0.378 e. The first-order valence-electron chi connectivity index (χ1n) is 7.60. The molecular formula is C19H18N4O. The zero-order chi connectivity index (χ0) is 16.9. The third-order valence-electron chi connectivity index (χ3n) is 3.62. The average Bonchev–Trinajstić information content (AvgIpc) is 2.61. The molecule has 0 spiro atoms. The summed E-state index contributed by atoms with van der Waals surface area (Å²) in [7, 11) is 3.97. The average molecular weight is 318 g/mol. The van der Waals surface area contributed by atoms with Crippen LogP contribution >= 0.6 is 0 Å². The first kappa shape index (κ1) is 15.7. The highest BCUT2D eigenvalue weighted by Gasteiger charge is 2.06. The van der Waals surface area contributed by atoms with Crippen molar-refractivity contribution in [3.05, 3.63) is 71.9 Å². The molecule has 0 aliphatic rings. The van der Waals surface area contributed by atoms with E-state index in [0.29, 0.717) is 5.69 Å². The number of hydrazone groups is 1. The highest BCUT2D eigenvalue weighted by molar-refractivity contribution is 5.95. The van der Waals surface area contributed by atoms with E-state index >= 15 is 0 Å². The van der Waals surface area contributed by atoms with Crippen molar-refractivity contribution in [2.75, 3.05) is 19.0 Å². The van der Waals surface area contributed by atoms with Crippen molar-refractivity contribution in [1.82, 2.24) is 10.4 Å². The lowest BCUT2D eigenvalue weighted by Crippen LogP contribution is -2.18. The normalized spacial score (nSPS) is 10.9. The van der Waals surface area contributed by atoms with Gasteiger partial charge in [0.2, 0.25) is 0 Å². The van der Waals surface area contributed by atoms with Gasteiger partial charge in [0, 0.05) is 25.2 Å². The third kappa shape index (κ3) is 3.57. The van der Waals surface area contributed by atoms with Crippen LogP contribution in [0.5, 0.6) is 0 Å². The van der Waals surface area contributed by atoms with Gasteiger partial charge in [0.05, 0.1) is 11.7 Å². The lowest BCUT2D eigenvalue weighted by atomic mass is 10.2. The first-order chi connectivity index (χ1) is 11.6. The summed E-state index contributed by atoms with van der Waals surface area (Å²) in [6.07, 6.45) is 1.61. The van der Waals surface area contributed by atoms with Crippen LogP contribution in [0.4, 0.5) is 5.69 Å². The summed E-state index contributed by atoms with van der Waals surface area (Å²) in [5.41, 5.74) is 5.65. The number of pyridine rings is 1. The Labute approximate surface area is 140 Å². The molecule has 0 bridgehead atoms. The number of hydrogen-bond donors (Lipinski definition) is 1. The van der Waals surface area contributed by atoms with E-state index < -0.39 is 0 Å². The number of nitrogens with one attached hydrogen (secondary N) is 1. The lowest BCUT2D eigenvalue weighted by Gasteiger charge is -2.11. The fraction of sp³-hybridized carbons (Fsp3) is 0.105. The van der Waals surface area contributed by atoms with Crippen LogP contribution in [0, 0.1) is 0 Å². The van der Waals surface area contributed by atoms with Gasteiger partial charge in [-0.15, -0.1) is 0 Å². The molecule has 3 rings (SSSR count). The van der Waals surface area contributed by atoms with Gasteiger partial charge in [0.1, 0.15) is 5.69 Å². The molecule has 120 valence electrons. The number of nitrogens with zero attached hydrogens (tertiary/aromatic N) is 3. The molecule has 0 unspecified atom stereocenters. The molecule has 0 aliphatic heterocycles. The molecule has 0 atom stereocenters. The topological polar surface area (TPSA) is 57.6 Å². The van der Waals surface area contributed by atoms with Crippen LogP contribution in [-0.4, -0.2) is 31.2 Å². The quantitative estimate of drug-likeness (QED) is 0.594. The Balaban J connectivity index is 1.67. The summed E-state index contributed by atoms with van der Waals surface area (Å²) in [4.78, 5) is 18.5. The minimum absolute atomic E-state index is 0.332. The second kappa shape index (κ2) is 6.91. The zero-order valence-electron chi connectivity index (χ0n) is 13.6. The maximum Gasteiger partial charge on any atom is 0.289 e. The van der Waals surface area contributed by atoms with Gasteiger partial charge in [0.25, 0.3) is 5.91 Å². The number of benzene rings is 2. The Hall–Kier alpha value is -3.21. The van der Waals surface area contributed by atoms with E-state index in [0.717, 1.165) is 22.2 Å². The Morgan fingerprint density at radius 3 is 2.54 bits per heavy atom. The highest BCUT2D eigenvalue weighted by Crippen LogP contribution is 2.12. The second-order valence-electron chi connectivity index (χ2n) is 5.57. The number of rotatable bonds is 4. The van der Waals surface area contributed by atoms with E-state index in [2.05, 4.69) is 15.5 Å². The Bertz CT molecular complexity index is 885. The number of carbonyl (C=O) groups is 1. The maximum atomic E-state index is 12.1. The summed E-state index contributed by atoms with van der Waals surface area (Å²) < 4.78 is 0. The number of aromatic nitrogens is 1. The summed E-state index contributed by atoms with van der Waals surface area (Å²) in [5.74, 6) is -0.332. The van der Waals surface area contributed by atoms with Gasteiger partial charge in [-0.1, -0.05) is 36.4 Å². The van der Waals surface area contributed by atoms with E-state index in [1.54, 1.807) is 12.3 Å². The Morgan fingerprint density at radius 1 is 1.04 bits per heavy atom. The van der Waals surface area contributed by atoms with E-state index in [9.17, 15) is 4.79 Å². The van der Waals surface area contributed by atoms with Crippen LogP contribution in [-0.2, 0) is 0 Å². The molecule has 0 fully saturated rings. The van der Waals surface area contributed by atoms with Crippen molar-refractivity contribution in [3.63, 3.8) is 0 Å². The van der Waals surface area contributed by atoms with Gasteiger partial charge in [-0.2, -0.15) is 5.10 Å². The van der Waals surface area contributed by atoms with Crippen molar-refractivity contribution in [2.24, 2.45) is 5.10 Å². The summed E-state index contributed by atoms with van der Waals surface area (Å²) >= 11 is 0. The van der Waals surface area contributed by atoms with Gasteiger partial charge in [-0.25, -0.2) is 10.4 Å². The Kier molecular flexibility index (Phi) is 4.52. The molecule has 5 heteroatoms. The van der Waals surface area contributed by atoms with Gasteiger partial charge < -0.3 is 4.90 Å². The van der Waals surface area contributed by atoms with Crippen molar-refractivity contribution in [3.8, 4) is 0 Å². The number of carbonyl (C=O) groups excluding carboxylic acids is 1. The standard InChI is InChI=1S/C19H18N4O/c1-23(2)16-10-7-14(8-11-16)13-20-22-19(24)18-12-9-15-5-3-4-6-17(15)21-18/h3-13H,1-2H3,(H,22,24)/b20-13-. The Morgan fingerprint density at radius 2 is 1.79 bits per heavy atom. The maximum absolute atomic E-state index is 12.1. The summed E-state index contributed by atoms with van der Waals surface area (Å²) in [6.45, 7) is 0. The number of para-hydroxylation sites is 1. The minimum atomic E-state index is -0.332. The predicted octanol–water partition coefficient (Wildman–Crippen LogP) is 3.06. The van der Waals surface area contributed by atoms with Crippen molar-refractivity contribution in [2.45, 2.75) is 0 Å². The monoisotopic (exact) mass is 318 g/mol. The van der Waals surface area contributed by atoms with Crippen molar-refractivity contribution < 1.29 is 4.79 Å². The molecule has 1 aromatic heterocycles. The number of anilines is 1. The van der Waals surface area contributed by atoms with Gasteiger partial charge in [-0.05, 0) is 29.8 Å². The fourth-order valence-electron chi connectivity index (χ4n) is 2.27. The zero-order valence-corrected chi connectivity index (χ0v) is 13.6. The van der Waals surface area contributed by atoms with Crippen LogP contribution < -0.4 is 10.3 Å². The molecule has 1 N–H and O–H groups in total. The third-order valence-corrected chi connectivity index (χ3v) is 3.62. The van der Waals surface area contributed by atoms with Gasteiger partial charge in [0.15, 0.2) is 0 Å². The lowest BCUT2D eigenvalue weighted by molar-refractivity contribution is 0.0950. The van der Waals surface area contributed by atoms with Crippen LogP contribution in [0.1, 0.15) is 16.1 Å². The van der Waals surface area contributed by atoms with Gasteiger partial charge >= 0.3 is 0 Å². The smallest absolute Gasteiger partial charge is 0.289 e. The molecule has 0 radical (unpaired) electrons. The van der Waals surface area contributed by atoms with E-state index in [1.165, 1.54) is 0 Å². The van der Waals surface area contributed by atoms with Crippen LogP contribution in [0.15, 0.2) is 65.8 Å². The van der Waals surface area contributed by atoms with E-state index in [-0.39, 0.29) is 5.91 Å². The molecule has 0 aliphatic carbocycles. The number of hydrogen-bond acceptors (Lipinski definition) is 4. The number of amides is 1. The number of fused-ring (bicyclic) bond motifs is 1. The summed E-state index contributed by atoms with van der Waals surface area (Å²) in [5, 5.41) is 4.99. The molecule has 1 amide bonds. The second-order valence-corrected chi connectivity index (χ2v) is 5.57. The first-order valence-corrected chi connectivity index (χ1v) is 7.60. The largest absolute Gasteiger partial charge is 0.378 e. The van der Waals surface area contributed by atoms with Gasteiger partial charge in [-0.3, -0.25) is 4.79 Å². The predicted molar refractivity (Wildman–Crippen MR) is 97.6 cm³/mol. The summed E-state index contributed by atoms with van der Waals surface area (Å²) in [6, 6.07) is 19.1. The van der Waals surface area contributed by atoms with Crippen molar-refractivity contribution >= 4 is 28.7 Å². The van der Waals surface area contributed by atoms with Crippen LogP contribution in [0.25, 0.3) is 10.9 Å². The molecule has 5 nitrogen and oxygen atoms in total. The molecule has 24 heavy (non-hydrogen) atoms. The van der Waals surface area contributed by atoms with E-state index in [4.69, 9.17) is 0 Å². The van der Waals surface area contributed by atoms with E-state index in [1.807, 2.05) is 73.6 Å². The SMILES string of the molecule is CN(C)c1ccc(/C=N\NC(=O)c2ccc3ccccc3n2)cc1. The molecule has 1 heterocycles. The van der Waals surface area contributed by atoms with Crippen molar-refractivity contribution in [1.29, 1.82) is 0 Å².